The number of halogens is 1. The number of nitriles is 1. The summed E-state index contributed by atoms with van der Waals surface area (Å²) < 4.78 is 16.5. The number of methoxy groups -OCH3 is 1. The van der Waals surface area contributed by atoms with Gasteiger partial charge in [0.1, 0.15) is 11.1 Å². The molecule has 9 heteroatoms. The fourth-order valence-electron chi connectivity index (χ4n) is 2.05. The molecule has 0 saturated heterocycles. The van der Waals surface area contributed by atoms with Crippen LogP contribution in [0.15, 0.2) is 28.1 Å². The molecule has 0 aliphatic heterocycles. The van der Waals surface area contributed by atoms with Crippen molar-refractivity contribution in [3.05, 3.63) is 39.2 Å². The molecule has 1 heterocycles. The first kappa shape index (κ1) is 20.7. The van der Waals surface area contributed by atoms with Gasteiger partial charge < -0.3 is 19.5 Å². The van der Waals surface area contributed by atoms with Crippen molar-refractivity contribution < 1.29 is 23.8 Å². The summed E-state index contributed by atoms with van der Waals surface area (Å²) in [5.41, 5.74) is 0.570. The minimum absolute atomic E-state index is 0.212. The van der Waals surface area contributed by atoms with E-state index in [-0.39, 0.29) is 5.56 Å². The molecule has 27 heavy (non-hydrogen) atoms. The predicted octanol–water partition coefficient (Wildman–Crippen LogP) is 3.98. The van der Waals surface area contributed by atoms with Crippen LogP contribution >= 0.6 is 27.3 Å². The first-order valence-electron chi connectivity index (χ1n) is 7.95. The smallest absolute Gasteiger partial charge is 0.338 e. The van der Waals surface area contributed by atoms with Crippen molar-refractivity contribution in [2.75, 3.05) is 25.6 Å². The van der Waals surface area contributed by atoms with Crippen molar-refractivity contribution in [1.82, 2.24) is 0 Å². The number of esters is 1. The molecular formula is C18H17BrN2O5S. The first-order chi connectivity index (χ1) is 13.0. The van der Waals surface area contributed by atoms with Crippen molar-refractivity contribution in [3.8, 4) is 17.6 Å². The molecule has 0 aliphatic rings. The van der Waals surface area contributed by atoms with Gasteiger partial charge in [-0.25, -0.2) is 4.79 Å². The van der Waals surface area contributed by atoms with Crippen LogP contribution in [0.1, 0.15) is 29.3 Å². The van der Waals surface area contributed by atoms with Crippen LogP contribution in [0.25, 0.3) is 0 Å². The molecule has 0 saturated carbocycles. The zero-order valence-corrected chi connectivity index (χ0v) is 17.1. The van der Waals surface area contributed by atoms with Crippen LogP contribution in [0.3, 0.4) is 0 Å². The normalized spacial score (nSPS) is 10.0. The van der Waals surface area contributed by atoms with Crippen LogP contribution in [0, 0.1) is 11.3 Å². The van der Waals surface area contributed by atoms with Gasteiger partial charge in [0.15, 0.2) is 18.1 Å². The van der Waals surface area contributed by atoms with E-state index in [1.807, 2.05) is 13.0 Å². The number of rotatable bonds is 8. The number of ether oxygens (including phenoxy) is 3. The zero-order chi connectivity index (χ0) is 19.8. The SMILES string of the molecule is CCCOc1c(Br)cc(C(=O)OCC(=O)Nc2sccc2C#N)cc1OC. The lowest BCUT2D eigenvalue weighted by atomic mass is 10.2. The highest BCUT2D eigenvalue weighted by atomic mass is 79.9. The van der Waals surface area contributed by atoms with Gasteiger partial charge in [0.25, 0.3) is 5.91 Å². The van der Waals surface area contributed by atoms with Gasteiger partial charge in [-0.3, -0.25) is 4.79 Å². The van der Waals surface area contributed by atoms with Crippen molar-refractivity contribution in [2.45, 2.75) is 13.3 Å². The van der Waals surface area contributed by atoms with Gasteiger partial charge in [-0.2, -0.15) is 5.26 Å². The molecule has 7 nitrogen and oxygen atoms in total. The number of thiophene rings is 1. The Morgan fingerprint density at radius 2 is 2.15 bits per heavy atom. The monoisotopic (exact) mass is 452 g/mol. The average Bonchev–Trinajstić information content (AvgIpc) is 3.11. The van der Waals surface area contributed by atoms with Crippen LogP contribution < -0.4 is 14.8 Å². The van der Waals surface area contributed by atoms with Gasteiger partial charge in [-0.05, 0) is 45.9 Å². The lowest BCUT2D eigenvalue weighted by molar-refractivity contribution is -0.119. The Bertz CT molecular complexity index is 875. The quantitative estimate of drug-likeness (QED) is 0.608. The maximum atomic E-state index is 12.3. The molecule has 1 N–H and O–H groups in total. The summed E-state index contributed by atoms with van der Waals surface area (Å²) in [4.78, 5) is 24.2. The topological polar surface area (TPSA) is 97.6 Å². The number of nitrogens with one attached hydrogen (secondary N) is 1. The summed E-state index contributed by atoms with van der Waals surface area (Å²) >= 11 is 4.57. The summed E-state index contributed by atoms with van der Waals surface area (Å²) in [6, 6.07) is 6.59. The molecule has 0 aliphatic carbocycles. The van der Waals surface area contributed by atoms with Crippen LogP contribution in [0.4, 0.5) is 5.00 Å². The molecule has 0 bridgehead atoms. The Hall–Kier alpha value is -2.57. The molecular weight excluding hydrogens is 436 g/mol. The minimum atomic E-state index is -0.683. The zero-order valence-electron chi connectivity index (χ0n) is 14.7. The van der Waals surface area contributed by atoms with E-state index in [0.29, 0.717) is 33.1 Å². The lowest BCUT2D eigenvalue weighted by Crippen LogP contribution is -2.20. The van der Waals surface area contributed by atoms with E-state index in [1.54, 1.807) is 17.5 Å². The lowest BCUT2D eigenvalue weighted by Gasteiger charge is -2.13. The summed E-state index contributed by atoms with van der Waals surface area (Å²) in [6.07, 6.45) is 0.826. The Morgan fingerprint density at radius 1 is 1.37 bits per heavy atom. The van der Waals surface area contributed by atoms with Gasteiger partial charge in [0.05, 0.1) is 29.3 Å². The third-order valence-corrected chi connectivity index (χ3v) is 4.71. The molecule has 1 aromatic heterocycles. The number of benzene rings is 1. The van der Waals surface area contributed by atoms with Crippen molar-refractivity contribution in [3.63, 3.8) is 0 Å². The molecule has 0 atom stereocenters. The maximum absolute atomic E-state index is 12.3. The molecule has 142 valence electrons. The Balaban J connectivity index is 2.02. The number of hydrogen-bond acceptors (Lipinski definition) is 7. The van der Waals surface area contributed by atoms with Gasteiger partial charge in [-0.1, -0.05) is 6.92 Å². The number of nitrogens with zero attached hydrogens (tertiary/aromatic N) is 1. The van der Waals surface area contributed by atoms with Crippen molar-refractivity contribution in [1.29, 1.82) is 5.26 Å². The number of anilines is 1. The van der Waals surface area contributed by atoms with E-state index in [9.17, 15) is 9.59 Å². The average molecular weight is 453 g/mol. The standard InChI is InChI=1S/C18H17BrN2O5S/c1-3-5-25-16-13(19)7-12(8-14(16)24-2)18(23)26-10-15(22)21-17-11(9-20)4-6-27-17/h4,6-8H,3,5,10H2,1-2H3,(H,21,22). The Kier molecular flexibility index (Phi) is 7.64. The molecule has 0 fully saturated rings. The van der Waals surface area contributed by atoms with E-state index >= 15 is 0 Å². The van der Waals surface area contributed by atoms with E-state index in [2.05, 4.69) is 21.2 Å². The fourth-order valence-corrected chi connectivity index (χ4v) is 3.36. The maximum Gasteiger partial charge on any atom is 0.338 e. The summed E-state index contributed by atoms with van der Waals surface area (Å²) in [5, 5.41) is 13.6. The van der Waals surface area contributed by atoms with E-state index in [0.717, 1.165) is 6.42 Å². The molecule has 1 aromatic carbocycles. The number of carbonyl (C=O) groups is 2. The fraction of sp³-hybridized carbons (Fsp3) is 0.278. The molecule has 2 rings (SSSR count). The number of hydrogen-bond donors (Lipinski definition) is 1. The van der Waals surface area contributed by atoms with Crippen LogP contribution in [0.5, 0.6) is 11.5 Å². The molecule has 2 aromatic rings. The molecule has 0 radical (unpaired) electrons. The highest BCUT2D eigenvalue weighted by Crippen LogP contribution is 2.37. The van der Waals surface area contributed by atoms with Crippen molar-refractivity contribution >= 4 is 44.1 Å². The van der Waals surface area contributed by atoms with Crippen LogP contribution in [-0.2, 0) is 9.53 Å². The highest BCUT2D eigenvalue weighted by molar-refractivity contribution is 9.10. The van der Waals surface area contributed by atoms with Crippen molar-refractivity contribution in [2.24, 2.45) is 0 Å². The number of amides is 1. The van der Waals surface area contributed by atoms with Gasteiger partial charge in [-0.15, -0.1) is 11.3 Å². The first-order valence-corrected chi connectivity index (χ1v) is 9.62. The highest BCUT2D eigenvalue weighted by Gasteiger charge is 2.18. The summed E-state index contributed by atoms with van der Waals surface area (Å²) in [5.74, 6) is -0.337. The van der Waals surface area contributed by atoms with Gasteiger partial charge in [0, 0.05) is 0 Å². The van der Waals surface area contributed by atoms with Gasteiger partial charge >= 0.3 is 5.97 Å². The third kappa shape index (κ3) is 5.45. The second-order valence-corrected chi connectivity index (χ2v) is 7.01. The summed E-state index contributed by atoms with van der Waals surface area (Å²) in [6.45, 7) is 2.01. The second kappa shape index (κ2) is 9.94. The Morgan fingerprint density at radius 3 is 2.81 bits per heavy atom. The predicted molar refractivity (Wildman–Crippen MR) is 104 cm³/mol. The molecule has 0 spiro atoms. The van der Waals surface area contributed by atoms with E-state index in [1.165, 1.54) is 24.5 Å². The second-order valence-electron chi connectivity index (χ2n) is 5.24. The van der Waals surface area contributed by atoms with E-state index < -0.39 is 18.5 Å². The largest absolute Gasteiger partial charge is 0.493 e. The number of carbonyl (C=O) groups excluding carboxylic acids is 2. The van der Waals surface area contributed by atoms with Crippen LogP contribution in [-0.4, -0.2) is 32.2 Å². The van der Waals surface area contributed by atoms with E-state index in [4.69, 9.17) is 19.5 Å². The third-order valence-electron chi connectivity index (χ3n) is 3.29. The Labute approximate surface area is 169 Å². The van der Waals surface area contributed by atoms with Gasteiger partial charge in [0.2, 0.25) is 0 Å². The summed E-state index contributed by atoms with van der Waals surface area (Å²) in [7, 11) is 1.47. The van der Waals surface area contributed by atoms with Crippen LogP contribution in [0.2, 0.25) is 0 Å². The molecule has 0 unspecified atom stereocenters. The minimum Gasteiger partial charge on any atom is -0.493 e. The molecule has 1 amide bonds.